The Bertz CT molecular complexity index is 784. The van der Waals surface area contributed by atoms with Crippen molar-refractivity contribution in [2.45, 2.75) is 38.4 Å². The van der Waals surface area contributed by atoms with E-state index in [1.54, 1.807) is 0 Å². The van der Waals surface area contributed by atoms with Crippen molar-refractivity contribution >= 4 is 0 Å². The Morgan fingerprint density at radius 1 is 1.21 bits per heavy atom. The number of nitrogens with one attached hydrogen (secondary N) is 1. The zero-order valence-corrected chi connectivity index (χ0v) is 13.2. The molecule has 1 aliphatic heterocycles. The molecule has 2 heterocycles. The Hall–Kier alpha value is -2.22. The average molecular weight is 332 g/mol. The molecule has 0 aliphatic carbocycles. The molecule has 0 bridgehead atoms. The number of hydrogen-bond acceptors (Lipinski definition) is 5. The minimum atomic E-state index is -0.518. The predicted octanol–water partition coefficient (Wildman–Crippen LogP) is 0.923. The molecule has 1 fully saturated rings. The van der Waals surface area contributed by atoms with Gasteiger partial charge < -0.3 is 14.6 Å². The second-order valence-electron chi connectivity index (χ2n) is 5.77. The van der Waals surface area contributed by atoms with Crippen LogP contribution in [0.3, 0.4) is 0 Å². The van der Waals surface area contributed by atoms with E-state index in [0.717, 1.165) is 5.56 Å². The molecule has 0 saturated carbocycles. The van der Waals surface area contributed by atoms with Gasteiger partial charge >= 0.3 is 5.69 Å². The van der Waals surface area contributed by atoms with Gasteiger partial charge in [0.1, 0.15) is 6.23 Å². The molecule has 0 amide bonds. The minimum absolute atomic E-state index is 0.0817. The molecule has 1 aliphatic rings. The van der Waals surface area contributed by atoms with Crippen LogP contribution in [0.25, 0.3) is 0 Å². The first-order valence-electron chi connectivity index (χ1n) is 7.89. The molecule has 0 unspecified atom stereocenters. The summed E-state index contributed by atoms with van der Waals surface area (Å²) in [5.41, 5.74) is 0.394. The van der Waals surface area contributed by atoms with Crippen molar-refractivity contribution in [1.82, 2.24) is 9.55 Å². The fourth-order valence-corrected chi connectivity index (χ4v) is 2.72. The number of H-pyrrole nitrogens is 1. The first-order valence-corrected chi connectivity index (χ1v) is 7.89. The summed E-state index contributed by atoms with van der Waals surface area (Å²) in [6, 6.07) is 9.63. The van der Waals surface area contributed by atoms with Crippen molar-refractivity contribution in [2.75, 3.05) is 6.61 Å². The van der Waals surface area contributed by atoms with Gasteiger partial charge in [0.25, 0.3) is 5.56 Å². The lowest BCUT2D eigenvalue weighted by Crippen LogP contribution is -2.34. The van der Waals surface area contributed by atoms with E-state index in [0.29, 0.717) is 25.0 Å². The van der Waals surface area contributed by atoms with Crippen molar-refractivity contribution in [3.05, 3.63) is 68.5 Å². The van der Waals surface area contributed by atoms with Crippen LogP contribution >= 0.6 is 0 Å². The number of aliphatic hydroxyl groups excluding tert-OH is 1. The second-order valence-corrected chi connectivity index (χ2v) is 5.77. The van der Waals surface area contributed by atoms with Crippen molar-refractivity contribution in [3.8, 4) is 0 Å². The molecule has 2 N–H and O–H groups in total. The van der Waals surface area contributed by atoms with Crippen molar-refractivity contribution in [2.24, 2.45) is 0 Å². The van der Waals surface area contributed by atoms with E-state index in [4.69, 9.17) is 14.6 Å². The molecule has 7 nitrogen and oxygen atoms in total. The Balaban J connectivity index is 1.70. The number of aromatic amines is 1. The monoisotopic (exact) mass is 332 g/mol. The van der Waals surface area contributed by atoms with Crippen molar-refractivity contribution in [3.63, 3.8) is 0 Å². The van der Waals surface area contributed by atoms with Crippen LogP contribution in [0.2, 0.25) is 0 Å². The van der Waals surface area contributed by atoms with Crippen LogP contribution in [0.15, 0.2) is 46.1 Å². The highest BCUT2D eigenvalue weighted by atomic mass is 16.5. The molecule has 0 radical (unpaired) electrons. The summed E-state index contributed by atoms with van der Waals surface area (Å²) in [5.74, 6) is 0. The SMILES string of the molecule is O=c1[nH]c(=O)n([C@@H]2CC[C@@H](CO)O2)cc1COCc1ccccc1. The molecule has 1 aromatic heterocycles. The standard InChI is InChI=1S/C17H20N2O5/c20-9-14-6-7-15(24-14)19-8-13(16(21)18-17(19)22)11-23-10-12-4-2-1-3-5-12/h1-5,8,14-15,20H,6-7,9-11H2,(H,18,21,22)/t14-,15-/m0/s1. The largest absolute Gasteiger partial charge is 0.394 e. The molecule has 2 atom stereocenters. The van der Waals surface area contributed by atoms with Crippen LogP contribution in [-0.2, 0) is 22.7 Å². The zero-order valence-electron chi connectivity index (χ0n) is 13.2. The quantitative estimate of drug-likeness (QED) is 0.820. The summed E-state index contributed by atoms with van der Waals surface area (Å²) >= 11 is 0. The highest BCUT2D eigenvalue weighted by Crippen LogP contribution is 2.26. The summed E-state index contributed by atoms with van der Waals surface area (Å²) in [6.45, 7) is 0.397. The average Bonchev–Trinajstić information content (AvgIpc) is 3.06. The predicted molar refractivity (Wildman–Crippen MR) is 86.5 cm³/mol. The summed E-state index contributed by atoms with van der Waals surface area (Å²) in [5, 5.41) is 9.13. The van der Waals surface area contributed by atoms with Crippen LogP contribution in [0.4, 0.5) is 0 Å². The number of aliphatic hydroxyl groups is 1. The highest BCUT2D eigenvalue weighted by Gasteiger charge is 2.27. The molecule has 0 spiro atoms. The molecule has 128 valence electrons. The number of ether oxygens (including phenoxy) is 2. The van der Waals surface area contributed by atoms with Crippen molar-refractivity contribution < 1.29 is 14.6 Å². The molecule has 7 heteroatoms. The van der Waals surface area contributed by atoms with Crippen LogP contribution < -0.4 is 11.2 Å². The Morgan fingerprint density at radius 3 is 2.71 bits per heavy atom. The highest BCUT2D eigenvalue weighted by molar-refractivity contribution is 5.13. The van der Waals surface area contributed by atoms with Crippen LogP contribution in [0, 0.1) is 0 Å². The molecule has 1 saturated heterocycles. The summed E-state index contributed by atoms with van der Waals surface area (Å²) in [6.07, 6.45) is 2.02. The fraction of sp³-hybridized carbons (Fsp3) is 0.412. The van der Waals surface area contributed by atoms with Gasteiger partial charge in [0.2, 0.25) is 0 Å². The summed E-state index contributed by atoms with van der Waals surface area (Å²) in [7, 11) is 0. The molecule has 24 heavy (non-hydrogen) atoms. The van der Waals surface area contributed by atoms with Gasteiger partial charge in [-0.1, -0.05) is 30.3 Å². The van der Waals surface area contributed by atoms with E-state index in [-0.39, 0.29) is 19.3 Å². The molecule has 2 aromatic rings. The Kier molecular flexibility index (Phi) is 5.24. The minimum Gasteiger partial charge on any atom is -0.394 e. The maximum atomic E-state index is 12.0. The number of hydrogen-bond donors (Lipinski definition) is 2. The third-order valence-electron chi connectivity index (χ3n) is 4.01. The van der Waals surface area contributed by atoms with Gasteiger partial charge in [0.15, 0.2) is 0 Å². The van der Waals surface area contributed by atoms with Crippen LogP contribution in [0.1, 0.15) is 30.2 Å². The fourth-order valence-electron chi connectivity index (χ4n) is 2.72. The summed E-state index contributed by atoms with van der Waals surface area (Å²) in [4.78, 5) is 26.2. The number of nitrogens with zero attached hydrogens (tertiary/aromatic N) is 1. The van der Waals surface area contributed by atoms with E-state index in [2.05, 4.69) is 4.98 Å². The van der Waals surface area contributed by atoms with Crippen molar-refractivity contribution in [1.29, 1.82) is 0 Å². The Morgan fingerprint density at radius 2 is 2.00 bits per heavy atom. The molecule has 3 rings (SSSR count). The van der Waals surface area contributed by atoms with E-state index in [1.165, 1.54) is 10.8 Å². The van der Waals surface area contributed by atoms with Gasteiger partial charge in [-0.25, -0.2) is 4.79 Å². The maximum Gasteiger partial charge on any atom is 0.330 e. The second kappa shape index (κ2) is 7.57. The molecular formula is C17H20N2O5. The van der Waals surface area contributed by atoms with Gasteiger partial charge in [-0.2, -0.15) is 0 Å². The molecular weight excluding hydrogens is 312 g/mol. The van der Waals surface area contributed by atoms with Gasteiger partial charge in [-0.15, -0.1) is 0 Å². The lowest BCUT2D eigenvalue weighted by molar-refractivity contribution is -0.0250. The maximum absolute atomic E-state index is 12.0. The lowest BCUT2D eigenvalue weighted by Gasteiger charge is -2.15. The normalized spacial score (nSPS) is 20.4. The van der Waals surface area contributed by atoms with E-state index in [1.807, 2.05) is 30.3 Å². The topological polar surface area (TPSA) is 93.6 Å². The van der Waals surface area contributed by atoms with Gasteiger partial charge in [0, 0.05) is 6.20 Å². The summed E-state index contributed by atoms with van der Waals surface area (Å²) < 4.78 is 12.5. The third-order valence-corrected chi connectivity index (χ3v) is 4.01. The van der Waals surface area contributed by atoms with Crippen LogP contribution in [-0.4, -0.2) is 27.4 Å². The third kappa shape index (κ3) is 3.81. The number of rotatable bonds is 6. The van der Waals surface area contributed by atoms with E-state index in [9.17, 15) is 9.59 Å². The molecule has 1 aromatic carbocycles. The smallest absolute Gasteiger partial charge is 0.330 e. The number of aromatic nitrogens is 2. The zero-order chi connectivity index (χ0) is 16.9. The van der Waals surface area contributed by atoms with Gasteiger partial charge in [-0.3, -0.25) is 14.3 Å². The van der Waals surface area contributed by atoms with Crippen LogP contribution in [0.5, 0.6) is 0 Å². The number of benzene rings is 1. The lowest BCUT2D eigenvalue weighted by atomic mass is 10.2. The first-order chi connectivity index (χ1) is 11.7. The van der Waals surface area contributed by atoms with E-state index < -0.39 is 17.5 Å². The Labute approximate surface area is 138 Å². The van der Waals surface area contributed by atoms with Gasteiger partial charge in [-0.05, 0) is 18.4 Å². The van der Waals surface area contributed by atoms with E-state index >= 15 is 0 Å². The van der Waals surface area contributed by atoms with Gasteiger partial charge in [0.05, 0.1) is 31.5 Å². The first kappa shape index (κ1) is 16.6.